The van der Waals surface area contributed by atoms with Gasteiger partial charge in [-0.3, -0.25) is 0 Å². The van der Waals surface area contributed by atoms with Crippen LogP contribution in [0.15, 0.2) is 217 Å². The van der Waals surface area contributed by atoms with Gasteiger partial charge in [-0.2, -0.15) is 0 Å². The van der Waals surface area contributed by atoms with Crippen molar-refractivity contribution in [2.24, 2.45) is 0 Å². The van der Waals surface area contributed by atoms with Gasteiger partial charge in [0.25, 0.3) is 0 Å². The van der Waals surface area contributed by atoms with Gasteiger partial charge in [0.2, 0.25) is 0 Å². The lowest BCUT2D eigenvalue weighted by Gasteiger charge is -2.16. The van der Waals surface area contributed by atoms with Crippen molar-refractivity contribution in [2.75, 3.05) is 0 Å². The van der Waals surface area contributed by atoms with E-state index in [9.17, 15) is 0 Å². The minimum Gasteiger partial charge on any atom is -0.455 e. The number of aromatic nitrogens is 5. The van der Waals surface area contributed by atoms with Crippen LogP contribution in [-0.4, -0.2) is 24.1 Å². The fraction of sp³-hybridized carbons (Fsp3) is 0. The van der Waals surface area contributed by atoms with Crippen LogP contribution in [0, 0.1) is 0 Å². The van der Waals surface area contributed by atoms with Crippen LogP contribution in [-0.2, 0) is 0 Å². The number of furan rings is 1. The number of benzene rings is 10. The Morgan fingerprint density at radius 3 is 1.69 bits per heavy atom. The van der Waals surface area contributed by atoms with Gasteiger partial charge in [-0.05, 0) is 76.8 Å². The van der Waals surface area contributed by atoms with Gasteiger partial charge in [0.15, 0.2) is 17.5 Å². The Balaban J connectivity index is 1.11. The molecule has 14 rings (SSSR count). The molecule has 0 saturated carbocycles. The molecular formula is C59H35N5O. The summed E-state index contributed by atoms with van der Waals surface area (Å²) in [5.74, 6) is 1.72. The lowest BCUT2D eigenvalue weighted by molar-refractivity contribution is 0.672. The van der Waals surface area contributed by atoms with Gasteiger partial charge in [0, 0.05) is 54.5 Å². The van der Waals surface area contributed by atoms with E-state index < -0.39 is 0 Å². The first-order valence-corrected chi connectivity index (χ1v) is 21.9. The van der Waals surface area contributed by atoms with Crippen molar-refractivity contribution < 1.29 is 4.42 Å². The molecule has 0 N–H and O–H groups in total. The quantitative estimate of drug-likeness (QED) is 0.173. The number of fused-ring (bicyclic) bond motifs is 12. The summed E-state index contributed by atoms with van der Waals surface area (Å²) in [4.78, 5) is 16.3. The van der Waals surface area contributed by atoms with Crippen LogP contribution in [0.5, 0.6) is 0 Å². The molecular weight excluding hydrogens is 795 g/mol. The Hall–Kier alpha value is -8.87. The summed E-state index contributed by atoms with van der Waals surface area (Å²) in [7, 11) is 0. The van der Waals surface area contributed by atoms with Crippen molar-refractivity contribution in [2.45, 2.75) is 0 Å². The van der Waals surface area contributed by atoms with E-state index in [1.807, 2.05) is 18.2 Å². The minimum absolute atomic E-state index is 0.556. The van der Waals surface area contributed by atoms with Crippen LogP contribution >= 0.6 is 0 Å². The summed E-state index contributed by atoms with van der Waals surface area (Å²) in [5, 5.41) is 11.2. The Kier molecular flexibility index (Phi) is 7.59. The van der Waals surface area contributed by atoms with Crippen molar-refractivity contribution in [3.05, 3.63) is 212 Å². The molecule has 6 nitrogen and oxygen atoms in total. The number of hydrogen-bond donors (Lipinski definition) is 0. The Morgan fingerprint density at radius 2 is 0.908 bits per heavy atom. The molecule has 14 aromatic rings. The molecule has 6 heteroatoms. The van der Waals surface area contributed by atoms with E-state index in [4.69, 9.17) is 19.4 Å². The third-order valence-electron chi connectivity index (χ3n) is 13.1. The fourth-order valence-electron chi connectivity index (χ4n) is 10.2. The summed E-state index contributed by atoms with van der Waals surface area (Å²) in [6.45, 7) is 0. The van der Waals surface area contributed by atoms with Crippen molar-refractivity contribution in [1.82, 2.24) is 24.1 Å². The smallest absolute Gasteiger partial charge is 0.166 e. The fourth-order valence-corrected chi connectivity index (χ4v) is 10.2. The zero-order valence-corrected chi connectivity index (χ0v) is 34.9. The van der Waals surface area contributed by atoms with Crippen LogP contribution in [0.1, 0.15) is 0 Å². The number of rotatable bonds is 5. The van der Waals surface area contributed by atoms with Crippen molar-refractivity contribution in [3.8, 4) is 45.5 Å². The SMILES string of the molecule is c1ccc(-c2nc(-c3ccc4c5ccccc5n(-c5ccccc5)c4c3)nc(-c3c(-n4c5ccccc5c5cc6ccccc6cc54)ccc4oc5c6ccccc6ccc5c34)n2)cc1. The molecule has 0 aliphatic heterocycles. The van der Waals surface area contributed by atoms with Crippen LogP contribution in [0.25, 0.3) is 133 Å². The van der Waals surface area contributed by atoms with Crippen LogP contribution in [0.3, 0.4) is 0 Å². The summed E-state index contributed by atoms with van der Waals surface area (Å²) < 4.78 is 11.6. The van der Waals surface area contributed by atoms with Gasteiger partial charge >= 0.3 is 0 Å². The molecule has 0 amide bonds. The van der Waals surface area contributed by atoms with Crippen molar-refractivity contribution in [3.63, 3.8) is 0 Å². The second-order valence-electron chi connectivity index (χ2n) is 16.8. The molecule has 0 saturated heterocycles. The van der Waals surface area contributed by atoms with Gasteiger partial charge in [0.1, 0.15) is 11.2 Å². The van der Waals surface area contributed by atoms with E-state index in [1.54, 1.807) is 0 Å². The highest BCUT2D eigenvalue weighted by Crippen LogP contribution is 2.45. The van der Waals surface area contributed by atoms with Gasteiger partial charge in [-0.1, -0.05) is 152 Å². The first-order chi connectivity index (χ1) is 32.2. The van der Waals surface area contributed by atoms with Gasteiger partial charge in [-0.15, -0.1) is 0 Å². The number of nitrogens with zero attached hydrogens (tertiary/aromatic N) is 5. The third kappa shape index (κ3) is 5.38. The Labute approximate surface area is 371 Å². The molecule has 0 fully saturated rings. The predicted molar refractivity (Wildman–Crippen MR) is 267 cm³/mol. The highest BCUT2D eigenvalue weighted by atomic mass is 16.3. The first-order valence-electron chi connectivity index (χ1n) is 21.9. The van der Waals surface area contributed by atoms with E-state index in [1.165, 1.54) is 26.9 Å². The number of para-hydroxylation sites is 3. The Morgan fingerprint density at radius 1 is 0.338 bits per heavy atom. The largest absolute Gasteiger partial charge is 0.455 e. The second-order valence-corrected chi connectivity index (χ2v) is 16.8. The van der Waals surface area contributed by atoms with E-state index in [-0.39, 0.29) is 0 Å². The maximum Gasteiger partial charge on any atom is 0.166 e. The molecule has 0 atom stereocenters. The lowest BCUT2D eigenvalue weighted by atomic mass is 10.0. The molecule has 0 spiro atoms. The van der Waals surface area contributed by atoms with Crippen LogP contribution in [0.2, 0.25) is 0 Å². The highest BCUT2D eigenvalue weighted by Gasteiger charge is 2.26. The average molecular weight is 830 g/mol. The summed E-state index contributed by atoms with van der Waals surface area (Å²) in [5.41, 5.74) is 10.7. The van der Waals surface area contributed by atoms with E-state index in [0.717, 1.165) is 88.2 Å². The van der Waals surface area contributed by atoms with E-state index >= 15 is 0 Å². The second kappa shape index (κ2) is 13.8. The van der Waals surface area contributed by atoms with Crippen LogP contribution in [0.4, 0.5) is 0 Å². The van der Waals surface area contributed by atoms with Crippen molar-refractivity contribution >= 4 is 87.1 Å². The molecule has 0 aliphatic rings. The lowest BCUT2D eigenvalue weighted by Crippen LogP contribution is -2.04. The summed E-state index contributed by atoms with van der Waals surface area (Å²) in [6, 6.07) is 74.9. The molecule has 0 radical (unpaired) electrons. The maximum absolute atomic E-state index is 6.91. The monoisotopic (exact) mass is 829 g/mol. The molecule has 65 heavy (non-hydrogen) atoms. The molecule has 4 aromatic heterocycles. The summed E-state index contributed by atoms with van der Waals surface area (Å²) in [6.07, 6.45) is 0. The predicted octanol–water partition coefficient (Wildman–Crippen LogP) is 15.3. The normalized spacial score (nSPS) is 12.0. The molecule has 302 valence electrons. The standard InChI is InChI=1S/C59H35N5O/c1-3-16-37(17-4-1)57-60-58(40-28-29-45-43-23-11-13-25-48(43)63(51(45)35-40)41-20-5-2-6-21-41)62-59(61-57)55-50(31-32-53-54(55)46-30-27-36-15-9-10-22-42(36)56(46)65-53)64-49-26-14-12-24-44(49)47-33-38-18-7-8-19-39(38)34-52(47)64/h1-35H. The van der Waals surface area contributed by atoms with Gasteiger partial charge < -0.3 is 13.6 Å². The molecule has 0 bridgehead atoms. The first kappa shape index (κ1) is 35.7. The molecule has 0 unspecified atom stereocenters. The van der Waals surface area contributed by atoms with Crippen molar-refractivity contribution in [1.29, 1.82) is 0 Å². The maximum atomic E-state index is 6.91. The van der Waals surface area contributed by atoms with Gasteiger partial charge in [-0.25, -0.2) is 15.0 Å². The average Bonchev–Trinajstić information content (AvgIpc) is 4.03. The minimum atomic E-state index is 0.556. The zero-order valence-electron chi connectivity index (χ0n) is 34.9. The molecule has 10 aromatic carbocycles. The van der Waals surface area contributed by atoms with Gasteiger partial charge in [0.05, 0.1) is 33.3 Å². The third-order valence-corrected chi connectivity index (χ3v) is 13.1. The van der Waals surface area contributed by atoms with Crippen LogP contribution < -0.4 is 0 Å². The highest BCUT2D eigenvalue weighted by molar-refractivity contribution is 6.21. The van der Waals surface area contributed by atoms with E-state index in [2.05, 4.69) is 203 Å². The molecule has 4 heterocycles. The summed E-state index contributed by atoms with van der Waals surface area (Å²) >= 11 is 0. The van der Waals surface area contributed by atoms with E-state index in [0.29, 0.717) is 17.5 Å². The topological polar surface area (TPSA) is 61.7 Å². The Bertz CT molecular complexity index is 4240. The number of hydrogen-bond acceptors (Lipinski definition) is 4. The molecule has 0 aliphatic carbocycles. The zero-order chi connectivity index (χ0) is 42.6.